The van der Waals surface area contributed by atoms with Crippen LogP contribution in [-0.4, -0.2) is 48.3 Å². The van der Waals surface area contributed by atoms with Gasteiger partial charge in [0.15, 0.2) is 11.5 Å². The fraction of sp³-hybridized carbons (Fsp3) is 0.500. The van der Waals surface area contributed by atoms with Crippen molar-refractivity contribution in [2.75, 3.05) is 26.4 Å². The maximum Gasteiger partial charge on any atom is 0.308 e. The summed E-state index contributed by atoms with van der Waals surface area (Å²) in [4.78, 5) is 32.3. The van der Waals surface area contributed by atoms with Crippen molar-refractivity contribution in [1.29, 1.82) is 0 Å². The molecule has 0 aliphatic heterocycles. The summed E-state index contributed by atoms with van der Waals surface area (Å²) in [5.41, 5.74) is 2.18. The number of nitrogens with zero attached hydrogens (tertiary/aromatic N) is 2. The predicted octanol–water partition coefficient (Wildman–Crippen LogP) is 2.64. The van der Waals surface area contributed by atoms with Gasteiger partial charge in [-0.05, 0) is 26.0 Å². The number of aromatic nitrogens is 2. The molecule has 0 spiro atoms. The molecular weight excluding hydrogens is 364 g/mol. The quantitative estimate of drug-likeness (QED) is 0.347. The lowest BCUT2D eigenvalue weighted by Gasteiger charge is -2.14. The molecule has 8 heteroatoms. The van der Waals surface area contributed by atoms with Crippen LogP contribution in [0.2, 0.25) is 0 Å². The van der Waals surface area contributed by atoms with Crippen LogP contribution >= 0.6 is 0 Å². The summed E-state index contributed by atoms with van der Waals surface area (Å²) < 4.78 is 21.4. The van der Waals surface area contributed by atoms with Crippen molar-refractivity contribution in [2.24, 2.45) is 0 Å². The lowest BCUT2D eigenvalue weighted by molar-refractivity contribution is -0.132. The molecule has 0 unspecified atom stereocenters. The maximum absolute atomic E-state index is 11.5. The van der Waals surface area contributed by atoms with Crippen LogP contribution in [0.1, 0.15) is 39.1 Å². The van der Waals surface area contributed by atoms with Gasteiger partial charge in [-0.25, -0.2) is 9.97 Å². The molecule has 0 fully saturated rings. The van der Waals surface area contributed by atoms with E-state index in [-0.39, 0.29) is 11.5 Å². The highest BCUT2D eigenvalue weighted by atomic mass is 16.5. The Kier molecular flexibility index (Phi) is 8.28. The van der Waals surface area contributed by atoms with Crippen molar-refractivity contribution in [2.45, 2.75) is 40.5 Å². The zero-order chi connectivity index (χ0) is 20.5. The highest BCUT2D eigenvalue weighted by molar-refractivity contribution is 5.90. The molecule has 28 heavy (non-hydrogen) atoms. The van der Waals surface area contributed by atoms with E-state index in [4.69, 9.17) is 18.9 Å². The molecule has 8 nitrogen and oxygen atoms in total. The summed E-state index contributed by atoms with van der Waals surface area (Å²) in [6.45, 7) is 8.65. The molecule has 0 atom stereocenters. The first-order valence-corrected chi connectivity index (χ1v) is 9.31. The van der Waals surface area contributed by atoms with Gasteiger partial charge in [0.1, 0.15) is 11.0 Å². The molecule has 0 saturated carbocycles. The minimum absolute atomic E-state index is 0.264. The number of carbonyl (C=O) groups is 2. The van der Waals surface area contributed by atoms with E-state index in [1.165, 1.54) is 13.8 Å². The first kappa shape index (κ1) is 21.7. The van der Waals surface area contributed by atoms with Crippen LogP contribution in [0.25, 0.3) is 11.0 Å². The molecule has 0 saturated heterocycles. The van der Waals surface area contributed by atoms with Gasteiger partial charge in [0.2, 0.25) is 0 Å². The lowest BCUT2D eigenvalue weighted by Crippen LogP contribution is -2.12. The van der Waals surface area contributed by atoms with Crippen molar-refractivity contribution < 1.29 is 28.5 Å². The molecule has 0 aliphatic rings. The molecule has 2 aromatic rings. The zero-order valence-electron chi connectivity index (χ0n) is 16.7. The van der Waals surface area contributed by atoms with Gasteiger partial charge < -0.3 is 18.9 Å². The molecule has 2 rings (SSSR count). The van der Waals surface area contributed by atoms with Crippen LogP contribution in [0, 0.1) is 0 Å². The monoisotopic (exact) mass is 390 g/mol. The summed E-state index contributed by atoms with van der Waals surface area (Å²) in [5, 5.41) is 0. The van der Waals surface area contributed by atoms with E-state index in [1.54, 1.807) is 12.1 Å². The largest absolute Gasteiger partial charge is 0.424 e. The molecule has 1 heterocycles. The van der Waals surface area contributed by atoms with Gasteiger partial charge in [-0.2, -0.15) is 0 Å². The Bertz CT molecular complexity index is 769. The molecule has 1 aromatic carbocycles. The van der Waals surface area contributed by atoms with Crippen molar-refractivity contribution in [3.05, 3.63) is 23.5 Å². The third-order valence-electron chi connectivity index (χ3n) is 3.79. The predicted molar refractivity (Wildman–Crippen MR) is 103 cm³/mol. The standard InChI is InChI=1S/C20H26N2O6/c1-5-25-11-9-15-16(10-12-26-6-2)22-20-18(28-14(4)24)8-7-17(19(20)21-15)27-13(3)23/h7-8H,5-6,9-12H2,1-4H3. The number of rotatable bonds is 10. The number of fused-ring (bicyclic) bond motifs is 1. The maximum atomic E-state index is 11.5. The van der Waals surface area contributed by atoms with E-state index < -0.39 is 11.9 Å². The molecule has 152 valence electrons. The van der Waals surface area contributed by atoms with E-state index in [0.29, 0.717) is 50.3 Å². The third-order valence-corrected chi connectivity index (χ3v) is 3.79. The van der Waals surface area contributed by atoms with Crippen molar-refractivity contribution in [1.82, 2.24) is 9.97 Å². The van der Waals surface area contributed by atoms with Gasteiger partial charge in [0.25, 0.3) is 0 Å². The Morgan fingerprint density at radius 2 is 1.18 bits per heavy atom. The number of esters is 2. The van der Waals surface area contributed by atoms with Crippen LogP contribution in [0.4, 0.5) is 0 Å². The Morgan fingerprint density at radius 1 is 0.786 bits per heavy atom. The molecular formula is C20H26N2O6. The van der Waals surface area contributed by atoms with Crippen LogP contribution < -0.4 is 9.47 Å². The Balaban J connectivity index is 2.57. The van der Waals surface area contributed by atoms with Gasteiger partial charge in [0.05, 0.1) is 24.6 Å². The zero-order valence-corrected chi connectivity index (χ0v) is 16.7. The van der Waals surface area contributed by atoms with Gasteiger partial charge >= 0.3 is 11.9 Å². The van der Waals surface area contributed by atoms with Gasteiger partial charge in [-0.15, -0.1) is 0 Å². The smallest absolute Gasteiger partial charge is 0.308 e. The fourth-order valence-electron chi connectivity index (χ4n) is 2.66. The number of carbonyl (C=O) groups excluding carboxylic acids is 2. The molecule has 0 radical (unpaired) electrons. The Labute approximate surface area is 164 Å². The van der Waals surface area contributed by atoms with Crippen molar-refractivity contribution in [3.8, 4) is 11.5 Å². The number of hydrogen-bond donors (Lipinski definition) is 0. The first-order valence-electron chi connectivity index (χ1n) is 9.31. The van der Waals surface area contributed by atoms with Gasteiger partial charge in [-0.1, -0.05) is 0 Å². The summed E-state index contributed by atoms with van der Waals surface area (Å²) in [7, 11) is 0. The van der Waals surface area contributed by atoms with Crippen LogP contribution in [0.15, 0.2) is 12.1 Å². The van der Waals surface area contributed by atoms with Crippen LogP contribution in [-0.2, 0) is 31.9 Å². The second-order valence-corrected chi connectivity index (χ2v) is 5.96. The highest BCUT2D eigenvalue weighted by Crippen LogP contribution is 2.32. The van der Waals surface area contributed by atoms with E-state index in [1.807, 2.05) is 13.8 Å². The number of ether oxygens (including phenoxy) is 4. The van der Waals surface area contributed by atoms with E-state index in [2.05, 4.69) is 9.97 Å². The average Bonchev–Trinajstić information content (AvgIpc) is 2.64. The molecule has 0 bridgehead atoms. The van der Waals surface area contributed by atoms with E-state index >= 15 is 0 Å². The molecule has 0 N–H and O–H groups in total. The topological polar surface area (TPSA) is 96.8 Å². The third kappa shape index (κ3) is 5.97. The van der Waals surface area contributed by atoms with Crippen molar-refractivity contribution >= 4 is 23.0 Å². The molecule has 0 aliphatic carbocycles. The van der Waals surface area contributed by atoms with Crippen LogP contribution in [0.3, 0.4) is 0 Å². The minimum atomic E-state index is -0.473. The lowest BCUT2D eigenvalue weighted by atomic mass is 10.1. The molecule has 1 aromatic heterocycles. The number of hydrogen-bond acceptors (Lipinski definition) is 8. The number of benzene rings is 1. The van der Waals surface area contributed by atoms with Gasteiger partial charge in [0, 0.05) is 39.9 Å². The summed E-state index contributed by atoms with van der Waals surface area (Å²) in [6, 6.07) is 3.09. The summed E-state index contributed by atoms with van der Waals surface area (Å²) >= 11 is 0. The van der Waals surface area contributed by atoms with E-state index in [0.717, 1.165) is 11.4 Å². The van der Waals surface area contributed by atoms with Gasteiger partial charge in [-0.3, -0.25) is 9.59 Å². The fourth-order valence-corrected chi connectivity index (χ4v) is 2.66. The molecule has 0 amide bonds. The summed E-state index contributed by atoms with van der Waals surface area (Å²) in [5.74, 6) is -0.418. The minimum Gasteiger partial charge on any atom is -0.424 e. The van der Waals surface area contributed by atoms with E-state index in [9.17, 15) is 9.59 Å². The summed E-state index contributed by atoms with van der Waals surface area (Å²) in [6.07, 6.45) is 1.10. The Morgan fingerprint density at radius 3 is 1.50 bits per heavy atom. The normalized spacial score (nSPS) is 10.9. The average molecular weight is 390 g/mol. The second-order valence-electron chi connectivity index (χ2n) is 5.96. The first-order chi connectivity index (χ1) is 13.5. The van der Waals surface area contributed by atoms with Crippen LogP contribution in [0.5, 0.6) is 11.5 Å². The SMILES string of the molecule is CCOCCc1nc2c(OC(C)=O)ccc(OC(C)=O)c2nc1CCOCC. The Hall–Kier alpha value is -2.58. The van der Waals surface area contributed by atoms with Crippen molar-refractivity contribution in [3.63, 3.8) is 0 Å². The highest BCUT2D eigenvalue weighted by Gasteiger charge is 2.18. The second kappa shape index (κ2) is 10.7.